The number of nitrogens with one attached hydrogen (secondary N) is 2. The first-order chi connectivity index (χ1) is 18.7. The summed E-state index contributed by atoms with van der Waals surface area (Å²) in [5.74, 6) is -1.75. The third-order valence-electron chi connectivity index (χ3n) is 6.10. The highest BCUT2D eigenvalue weighted by molar-refractivity contribution is 6.33. The van der Waals surface area contributed by atoms with Gasteiger partial charge in [0.1, 0.15) is 48.0 Å². The Hall–Kier alpha value is -4.12. The van der Waals surface area contributed by atoms with Crippen molar-refractivity contribution in [1.29, 1.82) is 0 Å². The van der Waals surface area contributed by atoms with Crippen LogP contribution in [0, 0.1) is 5.82 Å². The van der Waals surface area contributed by atoms with E-state index in [1.165, 1.54) is 56.6 Å². The zero-order chi connectivity index (χ0) is 28.3. The Labute approximate surface area is 225 Å². The molecule has 0 saturated carbocycles. The van der Waals surface area contributed by atoms with Crippen LogP contribution >= 0.6 is 11.6 Å². The summed E-state index contributed by atoms with van der Waals surface area (Å²) in [6, 6.07) is 11.2. The Bertz CT molecular complexity index is 1530. The molecule has 0 aliphatic heterocycles. The SMILES string of the molecule is CNC(=O)c1c(-c2ccc(F)cc2)oc2nc(Cl)c(-c3ccc(OC)c(C(=O)NC(CF)(CF)CF)c3)cc12. The van der Waals surface area contributed by atoms with E-state index in [4.69, 9.17) is 20.8 Å². The average molecular weight is 564 g/mol. The molecule has 2 aromatic carbocycles. The van der Waals surface area contributed by atoms with E-state index in [2.05, 4.69) is 15.6 Å². The Kier molecular flexibility index (Phi) is 8.10. The fraction of sp³-hybridized carbons (Fsp3) is 0.222. The lowest BCUT2D eigenvalue weighted by molar-refractivity contribution is 0.0807. The van der Waals surface area contributed by atoms with Gasteiger partial charge in [-0.1, -0.05) is 17.7 Å². The number of amides is 2. The number of hydrogen-bond donors (Lipinski definition) is 2. The van der Waals surface area contributed by atoms with Crippen molar-refractivity contribution in [3.8, 4) is 28.2 Å². The van der Waals surface area contributed by atoms with Gasteiger partial charge in [0.15, 0.2) is 0 Å². The van der Waals surface area contributed by atoms with E-state index in [1.807, 2.05) is 0 Å². The number of ether oxygens (including phenoxy) is 1. The number of carbonyl (C=O) groups is 2. The molecule has 0 saturated heterocycles. The summed E-state index contributed by atoms with van der Waals surface area (Å²) in [4.78, 5) is 30.1. The lowest BCUT2D eigenvalue weighted by Gasteiger charge is -2.26. The van der Waals surface area contributed by atoms with Crippen LogP contribution in [0.2, 0.25) is 5.15 Å². The van der Waals surface area contributed by atoms with E-state index in [-0.39, 0.29) is 44.5 Å². The summed E-state index contributed by atoms with van der Waals surface area (Å²) in [5.41, 5.74) is -1.28. The summed E-state index contributed by atoms with van der Waals surface area (Å²) >= 11 is 6.46. The van der Waals surface area contributed by atoms with Gasteiger partial charge in [0, 0.05) is 18.2 Å². The van der Waals surface area contributed by atoms with Gasteiger partial charge >= 0.3 is 0 Å². The normalized spacial score (nSPS) is 11.5. The highest BCUT2D eigenvalue weighted by Gasteiger charge is 2.34. The Balaban J connectivity index is 1.87. The molecule has 0 atom stereocenters. The second-order valence-electron chi connectivity index (χ2n) is 8.62. The van der Waals surface area contributed by atoms with Gasteiger partial charge in [-0.15, -0.1) is 0 Å². The number of halogens is 5. The predicted octanol–water partition coefficient (Wildman–Crippen LogP) is 5.70. The maximum absolute atomic E-state index is 13.5. The molecular formula is C27H22ClF4N3O4. The minimum absolute atomic E-state index is 0.0341. The van der Waals surface area contributed by atoms with Crippen molar-refractivity contribution in [2.75, 3.05) is 34.2 Å². The minimum Gasteiger partial charge on any atom is -0.496 e. The van der Waals surface area contributed by atoms with Crippen molar-refractivity contribution in [3.63, 3.8) is 0 Å². The molecule has 2 heterocycles. The molecule has 0 radical (unpaired) electrons. The summed E-state index contributed by atoms with van der Waals surface area (Å²) in [6.45, 7) is -4.38. The van der Waals surface area contributed by atoms with Crippen LogP contribution in [0.1, 0.15) is 20.7 Å². The molecule has 2 N–H and O–H groups in total. The quantitative estimate of drug-likeness (QED) is 0.201. The van der Waals surface area contributed by atoms with Crippen molar-refractivity contribution in [2.45, 2.75) is 5.54 Å². The molecule has 0 fully saturated rings. The monoisotopic (exact) mass is 563 g/mol. The van der Waals surface area contributed by atoms with Crippen molar-refractivity contribution in [1.82, 2.24) is 15.6 Å². The molecular weight excluding hydrogens is 542 g/mol. The zero-order valence-corrected chi connectivity index (χ0v) is 21.5. The first-order valence-electron chi connectivity index (χ1n) is 11.5. The topological polar surface area (TPSA) is 93.5 Å². The van der Waals surface area contributed by atoms with Crippen LogP contribution in [0.25, 0.3) is 33.6 Å². The highest BCUT2D eigenvalue weighted by atomic mass is 35.5. The van der Waals surface area contributed by atoms with E-state index in [0.717, 1.165) is 0 Å². The average Bonchev–Trinajstić information content (AvgIpc) is 3.33. The molecule has 2 amide bonds. The second-order valence-corrected chi connectivity index (χ2v) is 8.98. The predicted molar refractivity (Wildman–Crippen MR) is 138 cm³/mol. The van der Waals surface area contributed by atoms with Gasteiger partial charge in [-0.2, -0.15) is 0 Å². The lowest BCUT2D eigenvalue weighted by Crippen LogP contribution is -2.54. The second kappa shape index (κ2) is 11.3. The van der Waals surface area contributed by atoms with Gasteiger partial charge in [-0.25, -0.2) is 22.5 Å². The Morgan fingerprint density at radius 3 is 2.23 bits per heavy atom. The van der Waals surface area contributed by atoms with Gasteiger partial charge in [-0.3, -0.25) is 9.59 Å². The van der Waals surface area contributed by atoms with Crippen molar-refractivity contribution in [3.05, 3.63) is 70.6 Å². The molecule has 0 unspecified atom stereocenters. The van der Waals surface area contributed by atoms with Crippen molar-refractivity contribution < 1.29 is 36.3 Å². The van der Waals surface area contributed by atoms with E-state index in [9.17, 15) is 27.2 Å². The molecule has 7 nitrogen and oxygen atoms in total. The number of nitrogens with zero attached hydrogens (tertiary/aromatic N) is 1. The standard InChI is InChI=1S/C27H22ClF4N3O4/c1-33-25(37)21-19-10-17(23(28)34-26(19)39-22(21)14-3-6-16(32)7-4-14)15-5-8-20(38-2)18(9-15)24(36)35-27(11-29,12-30)13-31/h3-10H,11-13H2,1-2H3,(H,33,37)(H,35,36). The lowest BCUT2D eigenvalue weighted by atomic mass is 9.99. The number of hydrogen-bond acceptors (Lipinski definition) is 5. The Morgan fingerprint density at radius 2 is 1.64 bits per heavy atom. The third-order valence-corrected chi connectivity index (χ3v) is 6.39. The number of aromatic nitrogens is 1. The number of furan rings is 1. The summed E-state index contributed by atoms with van der Waals surface area (Å²) < 4.78 is 64.7. The number of rotatable bonds is 9. The molecule has 39 heavy (non-hydrogen) atoms. The maximum Gasteiger partial charge on any atom is 0.255 e. The number of pyridine rings is 1. The number of carbonyl (C=O) groups excluding carboxylic acids is 2. The first kappa shape index (κ1) is 27.9. The molecule has 204 valence electrons. The number of fused-ring (bicyclic) bond motifs is 1. The van der Waals surface area contributed by atoms with Crippen LogP contribution in [0.5, 0.6) is 5.75 Å². The van der Waals surface area contributed by atoms with E-state index >= 15 is 0 Å². The van der Waals surface area contributed by atoms with Crippen LogP contribution in [0.15, 0.2) is 52.9 Å². The van der Waals surface area contributed by atoms with Gasteiger partial charge in [0.05, 0.1) is 23.6 Å². The van der Waals surface area contributed by atoms with Crippen LogP contribution in [0.3, 0.4) is 0 Å². The van der Waals surface area contributed by atoms with Crippen LogP contribution in [-0.2, 0) is 0 Å². The number of alkyl halides is 3. The fourth-order valence-electron chi connectivity index (χ4n) is 3.93. The Morgan fingerprint density at radius 1 is 1.00 bits per heavy atom. The highest BCUT2D eigenvalue weighted by Crippen LogP contribution is 2.38. The fourth-order valence-corrected chi connectivity index (χ4v) is 4.17. The largest absolute Gasteiger partial charge is 0.496 e. The van der Waals surface area contributed by atoms with E-state index < -0.39 is 43.2 Å². The van der Waals surface area contributed by atoms with E-state index in [0.29, 0.717) is 11.1 Å². The smallest absolute Gasteiger partial charge is 0.255 e. The molecule has 4 aromatic rings. The van der Waals surface area contributed by atoms with E-state index in [1.54, 1.807) is 6.07 Å². The first-order valence-corrected chi connectivity index (χ1v) is 11.9. The van der Waals surface area contributed by atoms with Crippen molar-refractivity contribution in [2.24, 2.45) is 0 Å². The molecule has 12 heteroatoms. The van der Waals surface area contributed by atoms with Gasteiger partial charge in [0.25, 0.3) is 11.8 Å². The minimum atomic E-state index is -2.33. The molecule has 0 aliphatic rings. The molecule has 0 aliphatic carbocycles. The van der Waals surface area contributed by atoms with Gasteiger partial charge in [0.2, 0.25) is 5.71 Å². The molecule has 0 bridgehead atoms. The summed E-state index contributed by atoms with van der Waals surface area (Å²) in [5, 5.41) is 4.83. The molecule has 2 aromatic heterocycles. The maximum atomic E-state index is 13.5. The molecule has 4 rings (SSSR count). The van der Waals surface area contributed by atoms with Crippen LogP contribution in [-0.4, -0.2) is 56.5 Å². The zero-order valence-electron chi connectivity index (χ0n) is 20.7. The van der Waals surface area contributed by atoms with Crippen LogP contribution in [0.4, 0.5) is 17.6 Å². The van der Waals surface area contributed by atoms with Crippen LogP contribution < -0.4 is 15.4 Å². The third kappa shape index (κ3) is 5.26. The van der Waals surface area contributed by atoms with Gasteiger partial charge < -0.3 is 19.8 Å². The number of methoxy groups -OCH3 is 1. The van der Waals surface area contributed by atoms with Crippen molar-refractivity contribution >= 4 is 34.5 Å². The molecule has 0 spiro atoms. The van der Waals surface area contributed by atoms with Gasteiger partial charge in [-0.05, 0) is 48.0 Å². The number of benzene rings is 2. The summed E-state index contributed by atoms with van der Waals surface area (Å²) in [7, 11) is 2.72. The summed E-state index contributed by atoms with van der Waals surface area (Å²) in [6.07, 6.45) is 0.